The van der Waals surface area contributed by atoms with Gasteiger partial charge < -0.3 is 5.11 Å². The molecule has 6 heteroatoms. The van der Waals surface area contributed by atoms with Crippen LogP contribution in [0.15, 0.2) is 12.1 Å². The fourth-order valence-corrected chi connectivity index (χ4v) is 4.01. The van der Waals surface area contributed by atoms with Crippen molar-refractivity contribution in [3.63, 3.8) is 0 Å². The molecule has 2 saturated heterocycles. The molecule has 0 saturated carbocycles. The van der Waals surface area contributed by atoms with Gasteiger partial charge in [-0.2, -0.15) is 0 Å². The zero-order valence-electron chi connectivity index (χ0n) is 16.0. The maximum absolute atomic E-state index is 11.4. The highest BCUT2D eigenvalue weighted by atomic mass is 16.6. The second kappa shape index (κ2) is 8.35. The lowest BCUT2D eigenvalue weighted by molar-refractivity contribution is -0.385. The zero-order chi connectivity index (χ0) is 18.7. The highest BCUT2D eigenvalue weighted by molar-refractivity contribution is 5.49. The first kappa shape index (κ1) is 19.1. The number of nitro benzene ring substituents is 1. The molecule has 1 aromatic carbocycles. The molecule has 0 amide bonds. The maximum atomic E-state index is 11.4. The maximum Gasteiger partial charge on any atom is 0.270 e. The minimum atomic E-state index is -0.344. The highest BCUT2D eigenvalue weighted by Gasteiger charge is 2.23. The molecule has 0 aliphatic carbocycles. The van der Waals surface area contributed by atoms with Gasteiger partial charge in [-0.1, -0.05) is 13.8 Å². The lowest BCUT2D eigenvalue weighted by Crippen LogP contribution is -2.33. The van der Waals surface area contributed by atoms with Crippen LogP contribution < -0.4 is 0 Å². The second-order valence-corrected chi connectivity index (χ2v) is 8.29. The Morgan fingerprint density at radius 3 is 1.69 bits per heavy atom. The van der Waals surface area contributed by atoms with Crippen molar-refractivity contribution in [2.75, 3.05) is 26.2 Å². The lowest BCUT2D eigenvalue weighted by atomic mass is 9.97. The van der Waals surface area contributed by atoms with Crippen LogP contribution in [0.5, 0.6) is 5.75 Å². The van der Waals surface area contributed by atoms with Crippen molar-refractivity contribution in [3.8, 4) is 5.75 Å². The summed E-state index contributed by atoms with van der Waals surface area (Å²) in [5.74, 6) is 1.72. The van der Waals surface area contributed by atoms with Crippen LogP contribution in [0.1, 0.15) is 50.7 Å². The van der Waals surface area contributed by atoms with Crippen molar-refractivity contribution < 1.29 is 10.0 Å². The number of likely N-dealkylation sites (tertiary alicyclic amines) is 2. The van der Waals surface area contributed by atoms with Gasteiger partial charge in [0.05, 0.1) is 4.92 Å². The van der Waals surface area contributed by atoms with Crippen LogP contribution in [0.2, 0.25) is 0 Å². The number of nitro groups is 1. The largest absolute Gasteiger partial charge is 0.507 e. The average Bonchev–Trinajstić information content (AvgIpc) is 2.62. The number of hydrogen-bond acceptors (Lipinski definition) is 5. The average molecular weight is 361 g/mol. The molecule has 144 valence electrons. The molecule has 0 spiro atoms. The molecule has 2 fully saturated rings. The van der Waals surface area contributed by atoms with E-state index in [1.54, 1.807) is 12.1 Å². The van der Waals surface area contributed by atoms with E-state index in [1.165, 1.54) is 0 Å². The quantitative estimate of drug-likeness (QED) is 0.639. The molecule has 2 heterocycles. The van der Waals surface area contributed by atoms with Gasteiger partial charge in [-0.05, 0) is 63.7 Å². The van der Waals surface area contributed by atoms with Crippen molar-refractivity contribution >= 4 is 5.69 Å². The smallest absolute Gasteiger partial charge is 0.270 e. The Labute approximate surface area is 155 Å². The van der Waals surface area contributed by atoms with Crippen molar-refractivity contribution in [1.29, 1.82) is 0 Å². The number of piperidine rings is 2. The molecular weight excluding hydrogens is 330 g/mol. The molecule has 0 bridgehead atoms. The van der Waals surface area contributed by atoms with Crippen LogP contribution in [-0.4, -0.2) is 46.0 Å². The number of benzene rings is 1. The predicted octanol–water partition coefficient (Wildman–Crippen LogP) is 3.76. The van der Waals surface area contributed by atoms with Crippen molar-refractivity contribution in [2.45, 2.75) is 52.6 Å². The van der Waals surface area contributed by atoms with Gasteiger partial charge in [0.25, 0.3) is 5.69 Å². The van der Waals surface area contributed by atoms with E-state index in [4.69, 9.17) is 0 Å². The van der Waals surface area contributed by atoms with Gasteiger partial charge in [-0.3, -0.25) is 19.9 Å². The third-order valence-electron chi connectivity index (χ3n) is 6.00. The van der Waals surface area contributed by atoms with Crippen molar-refractivity contribution in [2.24, 2.45) is 11.8 Å². The summed E-state index contributed by atoms with van der Waals surface area (Å²) in [5.41, 5.74) is 1.46. The molecule has 2 aliphatic heterocycles. The van der Waals surface area contributed by atoms with Crippen LogP contribution >= 0.6 is 0 Å². The van der Waals surface area contributed by atoms with Crippen LogP contribution in [0, 0.1) is 22.0 Å². The van der Waals surface area contributed by atoms with E-state index in [0.717, 1.165) is 63.7 Å². The molecule has 3 rings (SSSR count). The number of hydrogen-bond donors (Lipinski definition) is 1. The number of phenolic OH excluding ortho intramolecular Hbond substituents is 1. The summed E-state index contributed by atoms with van der Waals surface area (Å²) in [5, 5.41) is 22.2. The number of non-ortho nitro benzene ring substituents is 1. The normalized spacial score (nSPS) is 21.2. The predicted molar refractivity (Wildman–Crippen MR) is 102 cm³/mol. The Bertz CT molecular complexity index is 588. The second-order valence-electron chi connectivity index (χ2n) is 8.29. The highest BCUT2D eigenvalue weighted by Crippen LogP contribution is 2.32. The third-order valence-corrected chi connectivity index (χ3v) is 6.00. The Hall–Kier alpha value is -1.66. The van der Waals surface area contributed by atoms with E-state index in [9.17, 15) is 15.2 Å². The molecule has 0 atom stereocenters. The first-order chi connectivity index (χ1) is 12.4. The number of aromatic hydroxyl groups is 1. The van der Waals surface area contributed by atoms with Crippen LogP contribution in [0.25, 0.3) is 0 Å². The summed E-state index contributed by atoms with van der Waals surface area (Å²) in [7, 11) is 0. The number of rotatable bonds is 5. The fraction of sp³-hybridized carbons (Fsp3) is 0.700. The van der Waals surface area contributed by atoms with Gasteiger partial charge in [0.15, 0.2) is 0 Å². The molecule has 2 aliphatic rings. The molecule has 1 N–H and O–H groups in total. The molecule has 6 nitrogen and oxygen atoms in total. The van der Waals surface area contributed by atoms with E-state index >= 15 is 0 Å². The van der Waals surface area contributed by atoms with Gasteiger partial charge in [-0.15, -0.1) is 0 Å². The Balaban J connectivity index is 1.77. The van der Waals surface area contributed by atoms with Gasteiger partial charge in [-0.25, -0.2) is 0 Å². The minimum Gasteiger partial charge on any atom is -0.507 e. The summed E-state index contributed by atoms with van der Waals surface area (Å²) in [4.78, 5) is 15.6. The SMILES string of the molecule is CC1CCN(Cc2cc([N+](=O)[O-])cc(CN3CCC(C)CC3)c2O)CC1. The molecule has 26 heavy (non-hydrogen) atoms. The summed E-state index contributed by atoms with van der Waals surface area (Å²) < 4.78 is 0. The van der Waals surface area contributed by atoms with Gasteiger partial charge in [0.2, 0.25) is 0 Å². The van der Waals surface area contributed by atoms with Crippen molar-refractivity contribution in [1.82, 2.24) is 9.80 Å². The standard InChI is InChI=1S/C20H31N3O3/c1-15-3-7-21(8-4-15)13-17-11-19(23(25)26)12-18(20(17)24)14-22-9-5-16(2)6-10-22/h11-12,15-16,24H,3-10,13-14H2,1-2H3. The van der Waals surface area contributed by atoms with Gasteiger partial charge in [0, 0.05) is 36.3 Å². The molecule has 0 unspecified atom stereocenters. The van der Waals surface area contributed by atoms with Crippen molar-refractivity contribution in [3.05, 3.63) is 33.4 Å². The van der Waals surface area contributed by atoms with Crippen LogP contribution in [0.4, 0.5) is 5.69 Å². The number of nitrogens with zero attached hydrogens (tertiary/aromatic N) is 3. The summed E-state index contributed by atoms with van der Waals surface area (Å²) in [6, 6.07) is 3.10. The van der Waals surface area contributed by atoms with Crippen LogP contribution in [-0.2, 0) is 13.1 Å². The number of phenols is 1. The minimum absolute atomic E-state index is 0.0866. The lowest BCUT2D eigenvalue weighted by Gasteiger charge is -2.31. The van der Waals surface area contributed by atoms with E-state index in [2.05, 4.69) is 23.6 Å². The zero-order valence-corrected chi connectivity index (χ0v) is 16.0. The summed E-state index contributed by atoms with van der Waals surface area (Å²) in [6.45, 7) is 9.66. The first-order valence-electron chi connectivity index (χ1n) is 9.86. The molecule has 0 radical (unpaired) electrons. The van der Waals surface area contributed by atoms with E-state index in [1.807, 2.05) is 0 Å². The fourth-order valence-electron chi connectivity index (χ4n) is 4.01. The third kappa shape index (κ3) is 4.74. The van der Waals surface area contributed by atoms with E-state index in [0.29, 0.717) is 24.2 Å². The monoisotopic (exact) mass is 361 g/mol. The first-order valence-corrected chi connectivity index (χ1v) is 9.86. The Morgan fingerprint density at radius 2 is 1.35 bits per heavy atom. The van der Waals surface area contributed by atoms with Gasteiger partial charge >= 0.3 is 0 Å². The Morgan fingerprint density at radius 1 is 0.962 bits per heavy atom. The van der Waals surface area contributed by atoms with E-state index < -0.39 is 0 Å². The van der Waals surface area contributed by atoms with Gasteiger partial charge in [0.1, 0.15) is 5.75 Å². The summed E-state index contributed by atoms with van der Waals surface area (Å²) >= 11 is 0. The molecular formula is C20H31N3O3. The Kier molecular flexibility index (Phi) is 6.14. The van der Waals surface area contributed by atoms with Crippen LogP contribution in [0.3, 0.4) is 0 Å². The molecule has 0 aromatic heterocycles. The topological polar surface area (TPSA) is 69.8 Å². The summed E-state index contributed by atoms with van der Waals surface area (Å²) in [6.07, 6.45) is 4.59. The molecule has 1 aromatic rings. The van der Waals surface area contributed by atoms with E-state index in [-0.39, 0.29) is 16.4 Å².